The number of aromatic nitrogens is 1. The van der Waals surface area contributed by atoms with Gasteiger partial charge < -0.3 is 24.4 Å². The highest BCUT2D eigenvalue weighted by Gasteiger charge is 2.15. The lowest BCUT2D eigenvalue weighted by molar-refractivity contribution is -0.255. The van der Waals surface area contributed by atoms with Crippen LogP contribution in [0.1, 0.15) is 17.4 Å². The topological polar surface area (TPSA) is 74.4 Å². The lowest BCUT2D eigenvalue weighted by atomic mass is 10.2. The number of carboxylic acid groups (broad SMARTS) is 1. The number of carboxylic acids is 1. The van der Waals surface area contributed by atoms with Gasteiger partial charge in [0.2, 0.25) is 0 Å². The van der Waals surface area contributed by atoms with Gasteiger partial charge in [-0.3, -0.25) is 0 Å². The molecular weight excluding hydrogens is 302 g/mol. The fourth-order valence-electron chi connectivity index (χ4n) is 1.75. The number of fused-ring (bicyclic) bond motifs is 1. The van der Waals surface area contributed by atoms with Crippen LogP contribution in [0.5, 0.6) is 11.5 Å². The molecule has 0 aliphatic carbocycles. The molecule has 0 amide bonds. The van der Waals surface area contributed by atoms with E-state index in [-0.39, 0.29) is 5.69 Å². The van der Waals surface area contributed by atoms with Crippen LogP contribution in [0.3, 0.4) is 0 Å². The highest BCUT2D eigenvalue weighted by molar-refractivity contribution is 9.10. The Balaban J connectivity index is 2.75. The summed E-state index contributed by atoms with van der Waals surface area (Å²) in [7, 11) is 1.53. The van der Waals surface area contributed by atoms with E-state index in [2.05, 4.69) is 20.9 Å². The minimum absolute atomic E-state index is 0.0000869. The molecule has 0 aliphatic heterocycles. The lowest BCUT2D eigenvalue weighted by Gasteiger charge is -2.11. The molecule has 0 atom stereocenters. The number of ether oxygens (including phenoxy) is 2. The van der Waals surface area contributed by atoms with Crippen LogP contribution in [0.4, 0.5) is 0 Å². The van der Waals surface area contributed by atoms with Crippen molar-refractivity contribution < 1.29 is 19.4 Å². The summed E-state index contributed by atoms with van der Waals surface area (Å²) < 4.78 is 11.4. The Hall–Kier alpha value is -1.69. The highest BCUT2D eigenvalue weighted by Crippen LogP contribution is 2.40. The molecule has 1 N–H and O–H groups in total. The van der Waals surface area contributed by atoms with E-state index in [1.165, 1.54) is 13.2 Å². The van der Waals surface area contributed by atoms with Crippen LogP contribution in [0.15, 0.2) is 16.6 Å². The van der Waals surface area contributed by atoms with E-state index < -0.39 is 5.97 Å². The maximum absolute atomic E-state index is 10.9. The zero-order valence-corrected chi connectivity index (χ0v) is 11.5. The number of carbonyl (C=O) groups excluding carboxylic acids is 1. The number of H-pyrrole nitrogens is 1. The first-order valence-corrected chi connectivity index (χ1v) is 6.11. The quantitative estimate of drug-likeness (QED) is 0.932. The van der Waals surface area contributed by atoms with Crippen molar-refractivity contribution in [3.63, 3.8) is 0 Å². The molecule has 0 radical (unpaired) electrons. The molecule has 1 aromatic carbocycles. The zero-order chi connectivity index (χ0) is 13.3. The van der Waals surface area contributed by atoms with Crippen LogP contribution >= 0.6 is 15.9 Å². The summed E-state index contributed by atoms with van der Waals surface area (Å²) in [5.74, 6) is -0.242. The van der Waals surface area contributed by atoms with Crippen molar-refractivity contribution in [1.29, 1.82) is 0 Å². The number of aromatic amines is 1. The van der Waals surface area contributed by atoms with E-state index in [9.17, 15) is 9.90 Å². The second-order valence-corrected chi connectivity index (χ2v) is 4.44. The molecule has 0 unspecified atom stereocenters. The minimum atomic E-state index is -1.26. The Morgan fingerprint density at radius 3 is 2.78 bits per heavy atom. The van der Waals surface area contributed by atoms with E-state index in [1.807, 2.05) is 6.92 Å². The molecule has 1 heterocycles. The van der Waals surface area contributed by atoms with Crippen LogP contribution in [-0.4, -0.2) is 24.7 Å². The molecule has 1 aromatic heterocycles. The SMILES string of the molecule is CCOc1c(OC)cc(Br)c2cc(C(=O)[O-])[nH]c12. The van der Waals surface area contributed by atoms with E-state index >= 15 is 0 Å². The number of benzene rings is 1. The summed E-state index contributed by atoms with van der Waals surface area (Å²) in [4.78, 5) is 13.6. The second kappa shape index (κ2) is 4.89. The third-order valence-electron chi connectivity index (χ3n) is 2.51. The van der Waals surface area contributed by atoms with Gasteiger partial charge in [-0.25, -0.2) is 0 Å². The summed E-state index contributed by atoms with van der Waals surface area (Å²) in [5, 5.41) is 11.6. The van der Waals surface area contributed by atoms with E-state index in [4.69, 9.17) is 9.47 Å². The number of hydrogen-bond donors (Lipinski definition) is 1. The summed E-state index contributed by atoms with van der Waals surface area (Å²) in [6.45, 7) is 2.29. The average Bonchev–Trinajstić information content (AvgIpc) is 2.78. The smallest absolute Gasteiger partial charge is 0.185 e. The maximum atomic E-state index is 10.9. The molecule has 5 nitrogen and oxygen atoms in total. The molecule has 0 saturated heterocycles. The second-order valence-electron chi connectivity index (χ2n) is 3.58. The zero-order valence-electron chi connectivity index (χ0n) is 9.87. The molecule has 0 aliphatic rings. The number of nitrogens with one attached hydrogen (secondary N) is 1. The van der Waals surface area contributed by atoms with Gasteiger partial charge in [-0.2, -0.15) is 0 Å². The first-order valence-electron chi connectivity index (χ1n) is 5.31. The molecule has 6 heteroatoms. The number of carbonyl (C=O) groups is 1. The average molecular weight is 313 g/mol. The van der Waals surface area contributed by atoms with Crippen molar-refractivity contribution in [2.24, 2.45) is 0 Å². The Labute approximate surface area is 112 Å². The van der Waals surface area contributed by atoms with Crippen LogP contribution in [-0.2, 0) is 0 Å². The standard InChI is InChI=1S/C12H12BrNO4/c1-3-18-11-9(17-2)5-7(13)6-4-8(12(15)16)14-10(6)11/h4-5,14H,3H2,1-2H3,(H,15,16)/p-1. The number of methoxy groups -OCH3 is 1. The maximum Gasteiger partial charge on any atom is 0.185 e. The molecule has 0 saturated carbocycles. The van der Waals surface area contributed by atoms with Gasteiger partial charge >= 0.3 is 0 Å². The van der Waals surface area contributed by atoms with Crippen molar-refractivity contribution in [2.75, 3.05) is 13.7 Å². The first-order chi connectivity index (χ1) is 8.58. The number of hydrogen-bond acceptors (Lipinski definition) is 4. The monoisotopic (exact) mass is 312 g/mol. The minimum Gasteiger partial charge on any atom is -0.543 e. The lowest BCUT2D eigenvalue weighted by Crippen LogP contribution is -2.22. The predicted octanol–water partition coefficient (Wildman–Crippen LogP) is 1.70. The molecule has 2 rings (SSSR count). The van der Waals surface area contributed by atoms with Gasteiger partial charge in [0.1, 0.15) is 0 Å². The van der Waals surface area contributed by atoms with E-state index in [1.54, 1.807) is 6.07 Å². The Kier molecular flexibility index (Phi) is 3.47. The molecule has 18 heavy (non-hydrogen) atoms. The van der Waals surface area contributed by atoms with Gasteiger partial charge in [0.05, 0.1) is 30.9 Å². The van der Waals surface area contributed by atoms with Crippen molar-refractivity contribution >= 4 is 32.8 Å². The Bertz CT molecular complexity index is 606. The van der Waals surface area contributed by atoms with Crippen molar-refractivity contribution in [2.45, 2.75) is 6.92 Å². The van der Waals surface area contributed by atoms with Gasteiger partial charge in [-0.1, -0.05) is 0 Å². The number of halogens is 1. The summed E-state index contributed by atoms with van der Waals surface area (Å²) in [6.07, 6.45) is 0. The van der Waals surface area contributed by atoms with Crippen molar-refractivity contribution in [1.82, 2.24) is 4.98 Å². The number of aromatic carboxylic acids is 1. The highest BCUT2D eigenvalue weighted by atomic mass is 79.9. The molecule has 0 fully saturated rings. The largest absolute Gasteiger partial charge is 0.543 e. The van der Waals surface area contributed by atoms with Crippen LogP contribution in [0.25, 0.3) is 10.9 Å². The summed E-state index contributed by atoms with van der Waals surface area (Å²) in [5.41, 5.74) is 0.571. The van der Waals surface area contributed by atoms with Crippen molar-refractivity contribution in [3.05, 3.63) is 22.3 Å². The van der Waals surface area contributed by atoms with Gasteiger partial charge in [0.25, 0.3) is 0 Å². The normalized spacial score (nSPS) is 10.6. The predicted molar refractivity (Wildman–Crippen MR) is 68.1 cm³/mol. The van der Waals surface area contributed by atoms with E-state index in [0.717, 1.165) is 4.47 Å². The first kappa shape index (κ1) is 12.8. The molecule has 0 spiro atoms. The van der Waals surface area contributed by atoms with Gasteiger partial charge in [0, 0.05) is 9.86 Å². The summed E-state index contributed by atoms with van der Waals surface area (Å²) >= 11 is 3.37. The van der Waals surface area contributed by atoms with Gasteiger partial charge in [-0.05, 0) is 35.0 Å². The molecule has 0 bridgehead atoms. The molecule has 2 aromatic rings. The van der Waals surface area contributed by atoms with Crippen LogP contribution in [0.2, 0.25) is 0 Å². The van der Waals surface area contributed by atoms with Gasteiger partial charge in [-0.15, -0.1) is 0 Å². The van der Waals surface area contributed by atoms with Crippen molar-refractivity contribution in [3.8, 4) is 11.5 Å². The van der Waals surface area contributed by atoms with Crippen LogP contribution < -0.4 is 14.6 Å². The molecular formula is C12H11BrNO4-. The fraction of sp³-hybridized carbons (Fsp3) is 0.250. The molecule has 96 valence electrons. The third-order valence-corrected chi connectivity index (χ3v) is 3.17. The van der Waals surface area contributed by atoms with Crippen LogP contribution in [0, 0.1) is 0 Å². The number of rotatable bonds is 4. The van der Waals surface area contributed by atoms with Gasteiger partial charge in [0.15, 0.2) is 11.5 Å². The third kappa shape index (κ3) is 2.03. The fourth-order valence-corrected chi connectivity index (χ4v) is 2.27. The van der Waals surface area contributed by atoms with E-state index in [0.29, 0.717) is 29.0 Å². The summed E-state index contributed by atoms with van der Waals surface area (Å²) in [6, 6.07) is 3.23. The Morgan fingerprint density at radius 2 is 2.22 bits per heavy atom. The Morgan fingerprint density at radius 1 is 1.50 bits per heavy atom.